The summed E-state index contributed by atoms with van der Waals surface area (Å²) >= 11 is 1.85. The number of nitrogen functional groups attached to an aromatic ring is 1. The SMILES string of the molecule is C=CCC(C=C)SC(c1ccc(C#Cc2ccccc2)cc1)N(C)c1cccc(N)c1. The molecule has 0 saturated carbocycles. The van der Waals surface area contributed by atoms with Crippen LogP contribution in [0.3, 0.4) is 0 Å². The molecule has 0 saturated heterocycles. The zero-order valence-corrected chi connectivity index (χ0v) is 18.7. The Morgan fingerprint density at radius 1 is 0.935 bits per heavy atom. The fourth-order valence-electron chi connectivity index (χ4n) is 3.21. The van der Waals surface area contributed by atoms with Crippen molar-refractivity contribution in [2.75, 3.05) is 17.7 Å². The van der Waals surface area contributed by atoms with Crippen LogP contribution in [0.15, 0.2) is 104 Å². The lowest BCUT2D eigenvalue weighted by Crippen LogP contribution is -2.23. The largest absolute Gasteiger partial charge is 0.399 e. The second kappa shape index (κ2) is 11.2. The van der Waals surface area contributed by atoms with Crippen LogP contribution in [0.5, 0.6) is 0 Å². The van der Waals surface area contributed by atoms with Crippen molar-refractivity contribution in [3.05, 3.63) is 121 Å². The van der Waals surface area contributed by atoms with Crippen LogP contribution >= 0.6 is 11.8 Å². The van der Waals surface area contributed by atoms with Crippen LogP contribution < -0.4 is 10.6 Å². The summed E-state index contributed by atoms with van der Waals surface area (Å²) < 4.78 is 0. The highest BCUT2D eigenvalue weighted by atomic mass is 32.2. The summed E-state index contributed by atoms with van der Waals surface area (Å²) in [5, 5.41) is 0.365. The van der Waals surface area contributed by atoms with Gasteiger partial charge in [-0.25, -0.2) is 0 Å². The Morgan fingerprint density at radius 3 is 2.23 bits per heavy atom. The van der Waals surface area contributed by atoms with Gasteiger partial charge in [0.05, 0.1) is 0 Å². The van der Waals surface area contributed by atoms with Gasteiger partial charge in [-0.05, 0) is 54.4 Å². The van der Waals surface area contributed by atoms with Gasteiger partial charge in [-0.1, -0.05) is 60.4 Å². The molecule has 2 nitrogen and oxygen atoms in total. The number of nitrogens with zero attached hydrogens (tertiary/aromatic N) is 1. The number of nitrogens with two attached hydrogens (primary N) is 1. The summed E-state index contributed by atoms with van der Waals surface area (Å²) in [6, 6.07) is 26.5. The van der Waals surface area contributed by atoms with E-state index in [2.05, 4.69) is 67.3 Å². The van der Waals surface area contributed by atoms with Crippen molar-refractivity contribution in [2.24, 2.45) is 0 Å². The van der Waals surface area contributed by atoms with Gasteiger partial charge in [-0.3, -0.25) is 0 Å². The lowest BCUT2D eigenvalue weighted by molar-refractivity contribution is 0.888. The molecule has 0 amide bonds. The average molecular weight is 425 g/mol. The highest BCUT2D eigenvalue weighted by Gasteiger charge is 2.21. The molecule has 0 radical (unpaired) electrons. The molecule has 0 bridgehead atoms. The third-order valence-corrected chi connectivity index (χ3v) is 6.50. The quantitative estimate of drug-likeness (QED) is 0.190. The van der Waals surface area contributed by atoms with E-state index in [0.717, 1.165) is 28.9 Å². The van der Waals surface area contributed by atoms with Crippen molar-refractivity contribution in [2.45, 2.75) is 17.0 Å². The van der Waals surface area contributed by atoms with Gasteiger partial charge in [0, 0.05) is 34.8 Å². The summed E-state index contributed by atoms with van der Waals surface area (Å²) in [6.45, 7) is 7.91. The minimum Gasteiger partial charge on any atom is -0.399 e. The third-order valence-electron chi connectivity index (χ3n) is 4.92. The number of anilines is 2. The molecule has 31 heavy (non-hydrogen) atoms. The Labute approximate surface area is 190 Å². The van der Waals surface area contributed by atoms with Crippen LogP contribution in [-0.2, 0) is 0 Å². The normalized spacial score (nSPS) is 12.2. The molecular weight excluding hydrogens is 396 g/mol. The van der Waals surface area contributed by atoms with Crippen LogP contribution in [-0.4, -0.2) is 12.3 Å². The first-order chi connectivity index (χ1) is 15.1. The van der Waals surface area contributed by atoms with E-state index in [1.807, 2.05) is 72.4 Å². The first-order valence-corrected chi connectivity index (χ1v) is 11.2. The van der Waals surface area contributed by atoms with Crippen molar-refractivity contribution in [1.29, 1.82) is 0 Å². The van der Waals surface area contributed by atoms with Gasteiger partial charge < -0.3 is 10.6 Å². The van der Waals surface area contributed by atoms with Crippen LogP contribution in [0.25, 0.3) is 0 Å². The van der Waals surface area contributed by atoms with Crippen molar-refractivity contribution < 1.29 is 0 Å². The Bertz CT molecular complexity index is 1060. The Hall–Kier alpha value is -3.35. The highest BCUT2D eigenvalue weighted by molar-refractivity contribution is 8.00. The summed E-state index contributed by atoms with van der Waals surface area (Å²) in [6.07, 6.45) is 4.81. The monoisotopic (exact) mass is 424 g/mol. The predicted molar refractivity (Wildman–Crippen MR) is 137 cm³/mol. The van der Waals surface area contributed by atoms with E-state index in [4.69, 9.17) is 5.73 Å². The molecular formula is C28H28N2S. The van der Waals surface area contributed by atoms with Crippen molar-refractivity contribution >= 4 is 23.1 Å². The van der Waals surface area contributed by atoms with Crippen LogP contribution in [0.1, 0.15) is 28.5 Å². The molecule has 3 heteroatoms. The highest BCUT2D eigenvalue weighted by Crippen LogP contribution is 2.39. The molecule has 2 unspecified atom stereocenters. The van der Waals surface area contributed by atoms with Crippen molar-refractivity contribution in [3.8, 4) is 11.8 Å². The predicted octanol–water partition coefficient (Wildman–Crippen LogP) is 6.67. The second-order valence-corrected chi connectivity index (χ2v) is 8.56. The fourth-order valence-corrected chi connectivity index (χ4v) is 4.52. The molecule has 2 N–H and O–H groups in total. The van der Waals surface area contributed by atoms with E-state index < -0.39 is 0 Å². The standard InChI is InChI=1S/C28H28N2S/c1-4-10-27(5-2)31-28(30(3)26-14-9-13-25(29)21-26)24-19-17-23(18-20-24)16-15-22-11-7-6-8-12-22/h4-9,11-14,17-21,27-28H,1-2,10,29H2,3H3. The Balaban J connectivity index is 1.88. The number of hydrogen-bond acceptors (Lipinski definition) is 3. The molecule has 2 atom stereocenters. The maximum absolute atomic E-state index is 6.03. The first-order valence-electron chi connectivity index (χ1n) is 10.2. The van der Waals surface area contributed by atoms with E-state index in [0.29, 0.717) is 0 Å². The van der Waals surface area contributed by atoms with Gasteiger partial charge >= 0.3 is 0 Å². The van der Waals surface area contributed by atoms with E-state index >= 15 is 0 Å². The van der Waals surface area contributed by atoms with E-state index in [9.17, 15) is 0 Å². The molecule has 3 aromatic rings. The molecule has 0 spiro atoms. The molecule has 0 aromatic heterocycles. The molecule has 0 aliphatic rings. The maximum atomic E-state index is 6.03. The number of benzene rings is 3. The molecule has 0 fully saturated rings. The van der Waals surface area contributed by atoms with Crippen molar-refractivity contribution in [3.63, 3.8) is 0 Å². The summed E-state index contributed by atoms with van der Waals surface area (Å²) in [5.41, 5.74) is 11.1. The smallest absolute Gasteiger partial charge is 0.101 e. The second-order valence-electron chi connectivity index (χ2n) is 7.23. The van der Waals surface area contributed by atoms with E-state index in [1.165, 1.54) is 5.56 Å². The zero-order valence-electron chi connectivity index (χ0n) is 17.9. The Kier molecular flexibility index (Phi) is 8.04. The van der Waals surface area contributed by atoms with Crippen LogP contribution in [0, 0.1) is 11.8 Å². The number of thioether (sulfide) groups is 1. The Morgan fingerprint density at radius 2 is 1.61 bits per heavy atom. The van der Waals surface area contributed by atoms with Gasteiger partial charge in [-0.15, -0.1) is 24.9 Å². The number of allylic oxidation sites excluding steroid dienone is 1. The zero-order chi connectivity index (χ0) is 22.1. The third kappa shape index (κ3) is 6.31. The molecule has 0 aliphatic carbocycles. The van der Waals surface area contributed by atoms with Gasteiger partial charge in [0.2, 0.25) is 0 Å². The van der Waals surface area contributed by atoms with Gasteiger partial charge in [-0.2, -0.15) is 0 Å². The van der Waals surface area contributed by atoms with Gasteiger partial charge in [0.25, 0.3) is 0 Å². The summed E-state index contributed by atoms with van der Waals surface area (Å²) in [5.74, 6) is 6.47. The minimum absolute atomic E-state index is 0.0980. The lowest BCUT2D eigenvalue weighted by Gasteiger charge is -2.32. The van der Waals surface area contributed by atoms with Crippen LogP contribution in [0.2, 0.25) is 0 Å². The fraction of sp³-hybridized carbons (Fsp3) is 0.143. The van der Waals surface area contributed by atoms with E-state index in [1.54, 1.807) is 0 Å². The van der Waals surface area contributed by atoms with E-state index in [-0.39, 0.29) is 10.6 Å². The van der Waals surface area contributed by atoms with Gasteiger partial charge in [0.1, 0.15) is 5.37 Å². The summed E-state index contributed by atoms with van der Waals surface area (Å²) in [7, 11) is 2.10. The molecule has 3 aromatic carbocycles. The van der Waals surface area contributed by atoms with Crippen molar-refractivity contribution in [1.82, 2.24) is 0 Å². The average Bonchev–Trinajstić information content (AvgIpc) is 2.81. The summed E-state index contributed by atoms with van der Waals surface area (Å²) in [4.78, 5) is 2.26. The molecule has 3 rings (SSSR count). The van der Waals surface area contributed by atoms with Gasteiger partial charge in [0.15, 0.2) is 0 Å². The van der Waals surface area contributed by atoms with Crippen LogP contribution in [0.4, 0.5) is 11.4 Å². The lowest BCUT2D eigenvalue weighted by atomic mass is 10.1. The molecule has 156 valence electrons. The number of hydrogen-bond donors (Lipinski definition) is 1. The minimum atomic E-state index is 0.0980. The topological polar surface area (TPSA) is 29.3 Å². The number of rotatable bonds is 8. The molecule has 0 aliphatic heterocycles. The first kappa shape index (κ1) is 22.3. The molecule has 0 heterocycles. The maximum Gasteiger partial charge on any atom is 0.101 e.